The van der Waals surface area contributed by atoms with Gasteiger partial charge in [-0.05, 0) is 66.6 Å². The summed E-state index contributed by atoms with van der Waals surface area (Å²) in [6, 6.07) is 10.6. The topological polar surface area (TPSA) is 110 Å². The molecule has 2 bridgehead atoms. The monoisotopic (exact) mass is 698 g/mol. The summed E-state index contributed by atoms with van der Waals surface area (Å²) >= 11 is 0. The number of amides is 2. The fraction of sp³-hybridized carbons (Fsp3) is 0.486. The minimum absolute atomic E-state index is 0.00812. The first-order valence-electron chi connectivity index (χ1n) is 16.6. The molecular weight excluding hydrogens is 661 g/mol. The number of halogens is 3. The molecule has 6 aliphatic rings. The number of nitrogens with zero attached hydrogens (tertiary/aromatic N) is 3. The Bertz CT molecular complexity index is 2040. The van der Waals surface area contributed by atoms with Gasteiger partial charge in [0.25, 0.3) is 5.91 Å². The summed E-state index contributed by atoms with van der Waals surface area (Å²) in [6.45, 7) is 1.38. The summed E-state index contributed by atoms with van der Waals surface area (Å²) in [6.07, 6.45) is 2.59. The number of carbonyl (C=O) groups is 2. The molecule has 3 fully saturated rings. The van der Waals surface area contributed by atoms with Gasteiger partial charge in [-0.3, -0.25) is 9.59 Å². The number of alkyl halides is 3. The van der Waals surface area contributed by atoms with Gasteiger partial charge in [-0.25, -0.2) is 13.1 Å². The molecule has 9 rings (SSSR count). The maximum atomic E-state index is 14.8. The van der Waals surface area contributed by atoms with Crippen molar-refractivity contribution in [2.75, 3.05) is 33.1 Å². The quantitative estimate of drug-likeness (QED) is 0.365. The molecule has 3 atom stereocenters. The number of aromatic nitrogens is 1. The Morgan fingerprint density at radius 1 is 1.10 bits per heavy atom. The van der Waals surface area contributed by atoms with Gasteiger partial charge in [0.1, 0.15) is 12.4 Å². The molecule has 2 aliphatic carbocycles. The lowest BCUT2D eigenvalue weighted by Crippen LogP contribution is -2.56. The Balaban J connectivity index is 1.30. The Morgan fingerprint density at radius 3 is 2.55 bits per heavy atom. The Morgan fingerprint density at radius 2 is 1.88 bits per heavy atom. The minimum atomic E-state index is -5.01. The lowest BCUT2D eigenvalue weighted by Gasteiger charge is -2.44. The highest BCUT2D eigenvalue weighted by atomic mass is 32.2. The van der Waals surface area contributed by atoms with Crippen molar-refractivity contribution in [2.45, 2.75) is 69.1 Å². The van der Waals surface area contributed by atoms with Crippen molar-refractivity contribution in [1.82, 2.24) is 19.1 Å². The van der Waals surface area contributed by atoms with Crippen molar-refractivity contribution in [3.05, 3.63) is 65.2 Å². The second-order valence-electron chi connectivity index (χ2n) is 14.1. The SMILES string of the molecule is COc1ccc2c(c1)C1CC1(C(=O)N1C=C3OC[C@H]1CN3C)Cn1c-2c(C2CCCCC2)c2ccc(C(=O)NS(=O)(=O)CC(F)(F)F)cc21. The number of likely N-dealkylation sites (N-methyl/N-ethyl adjacent to an activating group) is 1. The predicted molar refractivity (Wildman–Crippen MR) is 174 cm³/mol. The van der Waals surface area contributed by atoms with Crippen molar-refractivity contribution < 1.29 is 40.7 Å². The summed E-state index contributed by atoms with van der Waals surface area (Å²) in [5.41, 5.74) is 3.82. The number of nitrogens with one attached hydrogen (secondary N) is 1. The minimum Gasteiger partial charge on any atom is -0.497 e. The van der Waals surface area contributed by atoms with E-state index in [2.05, 4.69) is 4.57 Å². The molecule has 2 unspecified atom stereocenters. The van der Waals surface area contributed by atoms with E-state index < -0.39 is 33.3 Å². The van der Waals surface area contributed by atoms with E-state index in [4.69, 9.17) is 9.47 Å². The molecule has 2 aromatic carbocycles. The highest BCUT2D eigenvalue weighted by Crippen LogP contribution is 2.66. The number of methoxy groups -OCH3 is 1. The highest BCUT2D eigenvalue weighted by Gasteiger charge is 2.64. The van der Waals surface area contributed by atoms with E-state index in [1.54, 1.807) is 30.2 Å². The van der Waals surface area contributed by atoms with Gasteiger partial charge in [0.2, 0.25) is 21.8 Å². The molecule has 49 heavy (non-hydrogen) atoms. The van der Waals surface area contributed by atoms with E-state index in [0.717, 1.165) is 59.9 Å². The molecule has 1 N–H and O–H groups in total. The number of carbonyl (C=O) groups excluding carboxylic acids is 2. The first-order chi connectivity index (χ1) is 23.3. The molecular formula is C35H37F3N4O6S. The van der Waals surface area contributed by atoms with Crippen LogP contribution in [0.1, 0.15) is 71.8 Å². The van der Waals surface area contributed by atoms with Crippen LogP contribution >= 0.6 is 0 Å². The number of hydrogen-bond donors (Lipinski definition) is 1. The van der Waals surface area contributed by atoms with E-state index >= 15 is 0 Å². The molecule has 4 aliphatic heterocycles. The predicted octanol–water partition coefficient (Wildman–Crippen LogP) is 5.45. The average Bonchev–Trinajstić information content (AvgIpc) is 3.73. The fourth-order valence-corrected chi connectivity index (χ4v) is 9.54. The van der Waals surface area contributed by atoms with Crippen LogP contribution in [0.4, 0.5) is 13.2 Å². The zero-order chi connectivity index (χ0) is 34.5. The van der Waals surface area contributed by atoms with Crippen LogP contribution in [0.15, 0.2) is 48.5 Å². The van der Waals surface area contributed by atoms with Crippen LogP contribution in [0.3, 0.4) is 0 Å². The molecule has 14 heteroatoms. The van der Waals surface area contributed by atoms with Gasteiger partial charge in [-0.1, -0.05) is 25.3 Å². The highest BCUT2D eigenvalue weighted by molar-refractivity contribution is 7.90. The summed E-state index contributed by atoms with van der Waals surface area (Å²) < 4.78 is 78.5. The van der Waals surface area contributed by atoms with E-state index in [1.807, 2.05) is 35.0 Å². The smallest absolute Gasteiger partial charge is 0.404 e. The molecule has 260 valence electrons. The first-order valence-corrected chi connectivity index (χ1v) is 18.3. The second-order valence-corrected chi connectivity index (χ2v) is 15.8. The zero-order valence-electron chi connectivity index (χ0n) is 27.2. The normalized spacial score (nSPS) is 24.7. The van der Waals surface area contributed by atoms with Crippen molar-refractivity contribution in [1.29, 1.82) is 0 Å². The van der Waals surface area contributed by atoms with Crippen molar-refractivity contribution in [3.8, 4) is 17.0 Å². The zero-order valence-corrected chi connectivity index (χ0v) is 28.0. The Kier molecular flexibility index (Phi) is 7.29. The lowest BCUT2D eigenvalue weighted by molar-refractivity contribution is -0.143. The van der Waals surface area contributed by atoms with E-state index in [-0.39, 0.29) is 29.3 Å². The van der Waals surface area contributed by atoms with Gasteiger partial charge in [-0.15, -0.1) is 0 Å². The van der Waals surface area contributed by atoms with Crippen molar-refractivity contribution in [2.24, 2.45) is 5.41 Å². The van der Waals surface area contributed by atoms with Gasteiger partial charge in [0.05, 0.1) is 30.5 Å². The average molecular weight is 699 g/mol. The number of benzene rings is 2. The molecule has 5 heterocycles. The fourth-order valence-electron chi connectivity index (χ4n) is 8.63. The third-order valence-corrected chi connectivity index (χ3v) is 12.2. The first kappa shape index (κ1) is 32.0. The maximum Gasteiger partial charge on any atom is 0.404 e. The summed E-state index contributed by atoms with van der Waals surface area (Å²) in [5.74, 6) is -1.88. The van der Waals surface area contributed by atoms with Crippen molar-refractivity contribution in [3.63, 3.8) is 0 Å². The van der Waals surface area contributed by atoms with Gasteiger partial charge in [0.15, 0.2) is 5.75 Å². The Hall–Kier alpha value is -4.20. The standard InChI is InChI=1S/C35H37F3N4O6S/c1-40-15-22-17-48-29(40)16-41(22)33(44)34-14-27(34)26-13-23(47-2)9-11-24(26)31-30(20-6-4-3-5-7-20)25-10-8-21(12-28(25)42(31)18-34)32(43)39-49(45,46)19-35(36,37)38/h8-13,16,20,22,27H,3-7,14-15,17-19H2,1-2H3,(H,39,43)/t22-,27?,34?/m1/s1. The van der Waals surface area contributed by atoms with E-state index in [9.17, 15) is 31.2 Å². The second kappa shape index (κ2) is 11.2. The number of rotatable bonds is 6. The van der Waals surface area contributed by atoms with Gasteiger partial charge >= 0.3 is 6.18 Å². The van der Waals surface area contributed by atoms with Gasteiger partial charge < -0.3 is 23.8 Å². The van der Waals surface area contributed by atoms with E-state index in [1.165, 1.54) is 6.07 Å². The third-order valence-electron chi connectivity index (χ3n) is 11.0. The number of ether oxygens (including phenoxy) is 2. The van der Waals surface area contributed by atoms with E-state index in [0.29, 0.717) is 43.3 Å². The van der Waals surface area contributed by atoms with Crippen LogP contribution < -0.4 is 9.46 Å². The number of sulfonamides is 1. The molecule has 3 aromatic rings. The van der Waals surface area contributed by atoms with Crippen LogP contribution in [-0.2, 0) is 26.1 Å². The number of fused-ring (bicyclic) bond motifs is 10. The largest absolute Gasteiger partial charge is 0.497 e. The molecule has 10 nitrogen and oxygen atoms in total. The molecule has 1 saturated heterocycles. The maximum absolute atomic E-state index is 14.8. The molecule has 1 aromatic heterocycles. The van der Waals surface area contributed by atoms with Crippen LogP contribution in [0.25, 0.3) is 22.2 Å². The molecule has 0 radical (unpaired) electrons. The summed E-state index contributed by atoms with van der Waals surface area (Å²) in [7, 11) is -1.43. The van der Waals surface area contributed by atoms with Crippen LogP contribution in [0, 0.1) is 5.41 Å². The summed E-state index contributed by atoms with van der Waals surface area (Å²) in [4.78, 5) is 31.8. The molecule has 0 spiro atoms. The lowest BCUT2D eigenvalue weighted by atomic mass is 9.81. The summed E-state index contributed by atoms with van der Waals surface area (Å²) in [5, 5.41) is 0.884. The van der Waals surface area contributed by atoms with Crippen molar-refractivity contribution >= 4 is 32.7 Å². The number of hydrogen-bond acceptors (Lipinski definition) is 7. The third kappa shape index (κ3) is 5.33. The van der Waals surface area contributed by atoms with Gasteiger partial charge in [-0.2, -0.15) is 13.2 Å². The Labute approximate surface area is 281 Å². The van der Waals surface area contributed by atoms with Crippen LogP contribution in [-0.4, -0.2) is 79.9 Å². The molecule has 2 saturated carbocycles. The van der Waals surface area contributed by atoms with Crippen LogP contribution in [0.2, 0.25) is 0 Å². The molecule has 2 amide bonds. The van der Waals surface area contributed by atoms with Gasteiger partial charge in [0, 0.05) is 48.1 Å². The van der Waals surface area contributed by atoms with Crippen LogP contribution in [0.5, 0.6) is 5.75 Å².